The minimum atomic E-state index is -0.406. The highest BCUT2D eigenvalue weighted by atomic mass is 32.2. The summed E-state index contributed by atoms with van der Waals surface area (Å²) in [5.41, 5.74) is 5.87. The number of benzene rings is 1. The first-order chi connectivity index (χ1) is 13.0. The summed E-state index contributed by atoms with van der Waals surface area (Å²) in [4.78, 5) is 39.6. The summed E-state index contributed by atoms with van der Waals surface area (Å²) < 4.78 is 0. The number of carbonyl (C=O) groups excluding carboxylic acids is 3. The third-order valence-corrected chi connectivity index (χ3v) is 6.28. The van der Waals surface area contributed by atoms with Gasteiger partial charge in [-0.25, -0.2) is 0 Å². The first kappa shape index (κ1) is 19.4. The van der Waals surface area contributed by atoms with Gasteiger partial charge in [-0.15, -0.1) is 23.1 Å². The average molecular weight is 404 g/mol. The van der Waals surface area contributed by atoms with E-state index in [2.05, 4.69) is 5.32 Å². The van der Waals surface area contributed by atoms with Crippen molar-refractivity contribution in [3.8, 4) is 0 Å². The molecule has 0 radical (unpaired) electrons. The molecule has 1 saturated heterocycles. The molecule has 142 valence electrons. The van der Waals surface area contributed by atoms with Gasteiger partial charge in [-0.1, -0.05) is 18.2 Å². The first-order valence-corrected chi connectivity index (χ1v) is 10.5. The molecule has 6 nitrogen and oxygen atoms in total. The number of carbonyl (C=O) groups is 3. The number of likely N-dealkylation sites (tertiary alicyclic amines) is 1. The molecule has 1 atom stereocenters. The summed E-state index contributed by atoms with van der Waals surface area (Å²) in [6.07, 6.45) is 1.55. The molecule has 1 aromatic heterocycles. The van der Waals surface area contributed by atoms with Gasteiger partial charge in [-0.3, -0.25) is 14.4 Å². The fraction of sp³-hybridized carbons (Fsp3) is 0.316. The maximum atomic E-state index is 12.8. The molecular formula is C19H21N3O3S2. The van der Waals surface area contributed by atoms with E-state index >= 15 is 0 Å². The van der Waals surface area contributed by atoms with Crippen molar-refractivity contribution in [1.82, 2.24) is 4.90 Å². The number of thioether (sulfide) groups is 1. The van der Waals surface area contributed by atoms with Crippen LogP contribution in [0.3, 0.4) is 0 Å². The van der Waals surface area contributed by atoms with Gasteiger partial charge in [0.1, 0.15) is 0 Å². The zero-order chi connectivity index (χ0) is 19.2. The quantitative estimate of drug-likeness (QED) is 0.726. The first-order valence-electron chi connectivity index (χ1n) is 8.68. The molecule has 0 spiro atoms. The zero-order valence-corrected chi connectivity index (χ0v) is 16.4. The largest absolute Gasteiger partial charge is 0.369 e. The van der Waals surface area contributed by atoms with Gasteiger partial charge < -0.3 is 16.0 Å². The Morgan fingerprint density at radius 1 is 1.22 bits per heavy atom. The van der Waals surface area contributed by atoms with Crippen molar-refractivity contribution in [2.75, 3.05) is 24.2 Å². The summed E-state index contributed by atoms with van der Waals surface area (Å²) in [5.74, 6) is -0.627. The predicted octanol–water partition coefficient (Wildman–Crippen LogP) is 2.82. The summed E-state index contributed by atoms with van der Waals surface area (Å²) in [6.45, 7) is 1.09. The van der Waals surface area contributed by atoms with Crippen LogP contribution in [-0.4, -0.2) is 41.5 Å². The molecular weight excluding hydrogens is 382 g/mol. The molecule has 3 amide bonds. The molecule has 1 fully saturated rings. The number of rotatable bonds is 6. The Kier molecular flexibility index (Phi) is 6.52. The van der Waals surface area contributed by atoms with Crippen molar-refractivity contribution in [2.45, 2.75) is 17.7 Å². The Bertz CT molecular complexity index is 823. The molecule has 27 heavy (non-hydrogen) atoms. The third kappa shape index (κ3) is 5.11. The molecule has 1 aromatic carbocycles. The third-order valence-electron chi connectivity index (χ3n) is 4.33. The Hall–Kier alpha value is -2.32. The van der Waals surface area contributed by atoms with Gasteiger partial charge in [0.05, 0.1) is 22.2 Å². The molecule has 1 aliphatic heterocycles. The molecule has 1 unspecified atom stereocenters. The maximum absolute atomic E-state index is 12.8. The molecule has 3 N–H and O–H groups in total. The molecule has 2 aromatic rings. The van der Waals surface area contributed by atoms with Gasteiger partial charge in [0, 0.05) is 18.0 Å². The molecule has 0 aliphatic carbocycles. The minimum Gasteiger partial charge on any atom is -0.369 e. The zero-order valence-electron chi connectivity index (χ0n) is 14.7. The number of piperidine rings is 1. The second-order valence-electron chi connectivity index (χ2n) is 6.31. The number of hydrogen-bond acceptors (Lipinski definition) is 5. The lowest BCUT2D eigenvalue weighted by Crippen LogP contribution is -2.43. The number of anilines is 1. The Labute approximate surface area is 166 Å². The van der Waals surface area contributed by atoms with Gasteiger partial charge >= 0.3 is 0 Å². The molecule has 0 bridgehead atoms. The summed E-state index contributed by atoms with van der Waals surface area (Å²) in [6, 6.07) is 11.0. The van der Waals surface area contributed by atoms with E-state index in [0.717, 1.165) is 17.7 Å². The van der Waals surface area contributed by atoms with Crippen molar-refractivity contribution >= 4 is 46.5 Å². The highest BCUT2D eigenvalue weighted by molar-refractivity contribution is 8.00. The van der Waals surface area contributed by atoms with Crippen LogP contribution in [0.25, 0.3) is 0 Å². The van der Waals surface area contributed by atoms with Crippen LogP contribution in [0.15, 0.2) is 46.7 Å². The van der Waals surface area contributed by atoms with Crippen molar-refractivity contribution in [3.63, 3.8) is 0 Å². The Morgan fingerprint density at radius 3 is 2.78 bits per heavy atom. The fourth-order valence-corrected chi connectivity index (χ4v) is 4.45. The number of primary amides is 1. The second kappa shape index (κ2) is 9.05. The minimum absolute atomic E-state index is 0.0140. The number of para-hydroxylation sites is 1. The van der Waals surface area contributed by atoms with Gasteiger partial charge in [0.25, 0.3) is 5.91 Å². The van der Waals surface area contributed by atoms with Crippen LogP contribution in [0.4, 0.5) is 5.69 Å². The molecule has 3 rings (SSSR count). The standard InChI is InChI=1S/C19H21N3O3S2/c20-17(23)12-27-15-7-2-1-6-14(15)21-18(24)13-5-3-9-22(11-13)19(25)16-8-4-10-26-16/h1-2,4,6-8,10,13H,3,5,9,11-12H2,(H2,20,23)(H,21,24). The van der Waals surface area contributed by atoms with Crippen molar-refractivity contribution in [3.05, 3.63) is 46.7 Å². The van der Waals surface area contributed by atoms with Crippen molar-refractivity contribution in [2.24, 2.45) is 11.7 Å². The van der Waals surface area contributed by atoms with Crippen molar-refractivity contribution < 1.29 is 14.4 Å². The van der Waals surface area contributed by atoms with Crippen LogP contribution >= 0.6 is 23.1 Å². The van der Waals surface area contributed by atoms with Crippen LogP contribution in [0.1, 0.15) is 22.5 Å². The number of thiophene rings is 1. The van der Waals surface area contributed by atoms with E-state index in [9.17, 15) is 14.4 Å². The lowest BCUT2D eigenvalue weighted by atomic mass is 9.97. The van der Waals surface area contributed by atoms with Crippen LogP contribution in [0.5, 0.6) is 0 Å². The Morgan fingerprint density at radius 2 is 2.04 bits per heavy atom. The molecule has 0 saturated carbocycles. The number of nitrogens with two attached hydrogens (primary N) is 1. The number of amides is 3. The average Bonchev–Trinajstić information content (AvgIpc) is 3.21. The lowest BCUT2D eigenvalue weighted by molar-refractivity contribution is -0.121. The van der Waals surface area contributed by atoms with Crippen LogP contribution in [0, 0.1) is 5.92 Å². The smallest absolute Gasteiger partial charge is 0.263 e. The maximum Gasteiger partial charge on any atom is 0.263 e. The highest BCUT2D eigenvalue weighted by Gasteiger charge is 2.29. The van der Waals surface area contributed by atoms with Gasteiger partial charge in [0.2, 0.25) is 11.8 Å². The topological polar surface area (TPSA) is 92.5 Å². The molecule has 1 aliphatic rings. The van der Waals surface area contributed by atoms with E-state index in [-0.39, 0.29) is 23.5 Å². The highest BCUT2D eigenvalue weighted by Crippen LogP contribution is 2.28. The van der Waals surface area contributed by atoms with Crippen molar-refractivity contribution in [1.29, 1.82) is 0 Å². The van der Waals surface area contributed by atoms with Crippen LogP contribution < -0.4 is 11.1 Å². The van der Waals surface area contributed by atoms with E-state index in [1.807, 2.05) is 35.7 Å². The summed E-state index contributed by atoms with van der Waals surface area (Å²) in [5, 5.41) is 4.83. The van der Waals surface area contributed by atoms with Gasteiger partial charge in [0.15, 0.2) is 0 Å². The van der Waals surface area contributed by atoms with Crippen LogP contribution in [-0.2, 0) is 9.59 Å². The summed E-state index contributed by atoms with van der Waals surface area (Å²) in [7, 11) is 0. The van der Waals surface area contributed by atoms with Gasteiger partial charge in [-0.05, 0) is 36.4 Å². The van der Waals surface area contributed by atoms with E-state index in [0.29, 0.717) is 23.7 Å². The SMILES string of the molecule is NC(=O)CSc1ccccc1NC(=O)C1CCCN(C(=O)c2cccs2)C1. The summed E-state index contributed by atoms with van der Waals surface area (Å²) >= 11 is 2.71. The fourth-order valence-electron chi connectivity index (χ4n) is 3.01. The molecule has 2 heterocycles. The Balaban J connectivity index is 1.64. The van der Waals surface area contributed by atoms with Gasteiger partial charge in [-0.2, -0.15) is 0 Å². The normalized spacial score (nSPS) is 16.7. The number of hydrogen-bond donors (Lipinski definition) is 2. The van der Waals surface area contributed by atoms with E-state index in [1.165, 1.54) is 23.1 Å². The number of nitrogens with zero attached hydrogens (tertiary/aromatic N) is 1. The van der Waals surface area contributed by atoms with Crippen LogP contribution in [0.2, 0.25) is 0 Å². The number of nitrogens with one attached hydrogen (secondary N) is 1. The van der Waals surface area contributed by atoms with E-state index < -0.39 is 5.91 Å². The lowest BCUT2D eigenvalue weighted by Gasteiger charge is -2.32. The van der Waals surface area contributed by atoms with E-state index in [4.69, 9.17) is 5.73 Å². The second-order valence-corrected chi connectivity index (χ2v) is 8.27. The monoisotopic (exact) mass is 403 g/mol. The van der Waals surface area contributed by atoms with E-state index in [1.54, 1.807) is 11.0 Å². The molecule has 8 heteroatoms. The predicted molar refractivity (Wildman–Crippen MR) is 108 cm³/mol.